The fourth-order valence-corrected chi connectivity index (χ4v) is 2.88. The van der Waals surface area contributed by atoms with Gasteiger partial charge in [-0.05, 0) is 57.3 Å². The molecule has 0 saturated carbocycles. The second-order valence-corrected chi connectivity index (χ2v) is 7.17. The van der Waals surface area contributed by atoms with Crippen LogP contribution in [0.1, 0.15) is 19.3 Å². The van der Waals surface area contributed by atoms with Gasteiger partial charge in [-0.15, -0.1) is 0 Å². The third kappa shape index (κ3) is 7.21. The first-order chi connectivity index (χ1) is 14.1. The fraction of sp³-hybridized carbons (Fsp3) is 0.364. The molecule has 0 amide bonds. The molecule has 1 atom stereocenters. The monoisotopic (exact) mass is 396 g/mol. The molecule has 0 fully saturated rings. The van der Waals surface area contributed by atoms with Crippen LogP contribution in [0.5, 0.6) is 11.6 Å². The van der Waals surface area contributed by atoms with Crippen molar-refractivity contribution in [3.05, 3.63) is 60.6 Å². The molecule has 1 heterocycles. The van der Waals surface area contributed by atoms with Gasteiger partial charge in [0.2, 0.25) is 5.88 Å². The van der Waals surface area contributed by atoms with Gasteiger partial charge in [0.05, 0.1) is 0 Å². The normalized spacial score (nSPS) is 14.8. The van der Waals surface area contributed by atoms with Crippen LogP contribution in [0.25, 0.3) is 0 Å². The molecule has 0 spiro atoms. The molecular formula is C22H28N4O3. The molecule has 1 aliphatic carbocycles. The molecule has 7 heteroatoms. The number of anilines is 2. The van der Waals surface area contributed by atoms with Gasteiger partial charge >= 0.3 is 0 Å². The summed E-state index contributed by atoms with van der Waals surface area (Å²) >= 11 is 0. The zero-order valence-electron chi connectivity index (χ0n) is 16.9. The number of nitrogens with zero attached hydrogens (tertiary/aromatic N) is 3. The maximum absolute atomic E-state index is 9.88. The average molecular weight is 396 g/mol. The lowest BCUT2D eigenvalue weighted by Gasteiger charge is -2.16. The highest BCUT2D eigenvalue weighted by Gasteiger charge is 2.08. The topological polar surface area (TPSA) is 79.7 Å². The van der Waals surface area contributed by atoms with E-state index in [1.165, 1.54) is 6.33 Å². The average Bonchev–Trinajstić information content (AvgIpc) is 2.96. The summed E-state index contributed by atoms with van der Waals surface area (Å²) in [5.74, 6) is 2.77. The number of nitrogens with one attached hydrogen (secondary N) is 1. The predicted octanol–water partition coefficient (Wildman–Crippen LogP) is 3.52. The lowest BCUT2D eigenvalue weighted by atomic mass is 10.2. The molecule has 1 unspecified atom stereocenters. The van der Waals surface area contributed by atoms with E-state index in [1.54, 1.807) is 6.07 Å². The van der Waals surface area contributed by atoms with E-state index in [4.69, 9.17) is 9.47 Å². The van der Waals surface area contributed by atoms with Crippen LogP contribution in [-0.4, -0.2) is 53.3 Å². The van der Waals surface area contributed by atoms with Gasteiger partial charge in [-0.25, -0.2) is 9.97 Å². The predicted molar refractivity (Wildman–Crippen MR) is 114 cm³/mol. The van der Waals surface area contributed by atoms with Gasteiger partial charge in [0.1, 0.15) is 36.4 Å². The van der Waals surface area contributed by atoms with E-state index in [0.717, 1.165) is 30.7 Å². The smallest absolute Gasteiger partial charge is 0.223 e. The number of hydrogen-bond donors (Lipinski definition) is 2. The lowest BCUT2D eigenvalue weighted by molar-refractivity contribution is 0.0831. The molecule has 7 nitrogen and oxygen atoms in total. The summed E-state index contributed by atoms with van der Waals surface area (Å²) in [5, 5.41) is 13.1. The van der Waals surface area contributed by atoms with E-state index in [0.29, 0.717) is 24.0 Å². The zero-order chi connectivity index (χ0) is 20.5. The Labute approximate surface area is 171 Å². The molecule has 0 bridgehead atoms. The Morgan fingerprint density at radius 1 is 1.21 bits per heavy atom. The number of aliphatic hydroxyl groups excluding tert-OH is 1. The van der Waals surface area contributed by atoms with Gasteiger partial charge in [0, 0.05) is 24.7 Å². The zero-order valence-corrected chi connectivity index (χ0v) is 16.9. The summed E-state index contributed by atoms with van der Waals surface area (Å²) in [7, 11) is 3.83. The highest BCUT2D eigenvalue weighted by molar-refractivity contribution is 5.57. The summed E-state index contributed by atoms with van der Waals surface area (Å²) in [6.07, 6.45) is 10.1. The maximum Gasteiger partial charge on any atom is 0.223 e. The first-order valence-corrected chi connectivity index (χ1v) is 9.77. The molecule has 1 aliphatic rings. The minimum atomic E-state index is -0.527. The van der Waals surface area contributed by atoms with Gasteiger partial charge < -0.3 is 24.8 Å². The molecule has 3 rings (SSSR count). The molecule has 0 saturated heterocycles. The van der Waals surface area contributed by atoms with Crippen molar-refractivity contribution in [3.8, 4) is 11.6 Å². The van der Waals surface area contributed by atoms with Gasteiger partial charge in [-0.1, -0.05) is 12.2 Å². The Balaban J connectivity index is 1.54. The summed E-state index contributed by atoms with van der Waals surface area (Å²) in [5.41, 5.74) is 0.868. The van der Waals surface area contributed by atoms with Crippen molar-refractivity contribution in [1.29, 1.82) is 0 Å². The molecular weight excluding hydrogens is 368 g/mol. The molecule has 0 radical (unpaired) electrons. The second-order valence-electron chi connectivity index (χ2n) is 7.17. The quantitative estimate of drug-likeness (QED) is 0.671. The Morgan fingerprint density at radius 2 is 2.03 bits per heavy atom. The fourth-order valence-electron chi connectivity index (χ4n) is 2.88. The third-order valence-electron chi connectivity index (χ3n) is 4.23. The van der Waals surface area contributed by atoms with Crippen LogP contribution in [0.3, 0.4) is 0 Å². The van der Waals surface area contributed by atoms with Gasteiger partial charge in [0.15, 0.2) is 0 Å². The van der Waals surface area contributed by atoms with E-state index in [9.17, 15) is 5.11 Å². The van der Waals surface area contributed by atoms with Crippen LogP contribution in [-0.2, 0) is 0 Å². The van der Waals surface area contributed by atoms with E-state index >= 15 is 0 Å². The second kappa shape index (κ2) is 10.6. The number of hydrogen-bond acceptors (Lipinski definition) is 7. The third-order valence-corrected chi connectivity index (χ3v) is 4.23. The summed E-state index contributed by atoms with van der Waals surface area (Å²) in [4.78, 5) is 10.4. The van der Waals surface area contributed by atoms with Crippen LogP contribution >= 0.6 is 0 Å². The number of likely N-dealkylation sites (N-methyl/N-ethyl adjacent to an activating group) is 1. The van der Waals surface area contributed by atoms with Crippen LogP contribution in [0.2, 0.25) is 0 Å². The van der Waals surface area contributed by atoms with Gasteiger partial charge in [0.25, 0.3) is 0 Å². The van der Waals surface area contributed by atoms with E-state index in [-0.39, 0.29) is 6.61 Å². The molecule has 154 valence electrons. The molecule has 1 aromatic heterocycles. The minimum Gasteiger partial charge on any atom is -0.491 e. The Kier molecular flexibility index (Phi) is 7.61. The van der Waals surface area contributed by atoms with Crippen LogP contribution in [0, 0.1) is 0 Å². The minimum absolute atomic E-state index is 0.253. The molecule has 29 heavy (non-hydrogen) atoms. The highest BCUT2D eigenvalue weighted by atomic mass is 16.5. The van der Waals surface area contributed by atoms with Crippen molar-refractivity contribution in [1.82, 2.24) is 14.9 Å². The Hall–Kier alpha value is -2.90. The van der Waals surface area contributed by atoms with Crippen molar-refractivity contribution in [2.24, 2.45) is 0 Å². The SMILES string of the molecule is CN(C)CC(O)COc1ccc(Nc2cc(OC3=CC=CCCC3)ncn2)cc1. The van der Waals surface area contributed by atoms with Crippen LogP contribution in [0.15, 0.2) is 60.6 Å². The molecule has 0 aliphatic heterocycles. The molecule has 2 aromatic rings. The molecule has 1 aromatic carbocycles. The van der Waals surface area contributed by atoms with Crippen molar-refractivity contribution in [2.75, 3.05) is 32.6 Å². The number of allylic oxidation sites excluding steroid dienone is 4. The summed E-state index contributed by atoms with van der Waals surface area (Å²) < 4.78 is 11.5. The van der Waals surface area contributed by atoms with Gasteiger partial charge in [-0.3, -0.25) is 0 Å². The largest absolute Gasteiger partial charge is 0.491 e. The molecule has 2 N–H and O–H groups in total. The number of rotatable bonds is 9. The van der Waals surface area contributed by atoms with Crippen LogP contribution < -0.4 is 14.8 Å². The van der Waals surface area contributed by atoms with Crippen LogP contribution in [0.4, 0.5) is 11.5 Å². The van der Waals surface area contributed by atoms with Crippen molar-refractivity contribution < 1.29 is 14.6 Å². The highest BCUT2D eigenvalue weighted by Crippen LogP contribution is 2.22. The Morgan fingerprint density at radius 3 is 2.83 bits per heavy atom. The van der Waals surface area contributed by atoms with Crippen molar-refractivity contribution in [2.45, 2.75) is 25.4 Å². The number of aliphatic hydroxyl groups is 1. The lowest BCUT2D eigenvalue weighted by Crippen LogP contribution is -2.30. The Bertz CT molecular complexity index is 834. The summed E-state index contributed by atoms with van der Waals surface area (Å²) in [6, 6.07) is 9.28. The van der Waals surface area contributed by atoms with Crippen molar-refractivity contribution >= 4 is 11.5 Å². The standard InChI is InChI=1S/C22H28N4O3/c1-26(2)14-18(27)15-28-19-11-9-17(10-12-19)25-21-13-22(24-16-23-21)29-20-7-5-3-4-6-8-20/h3,5,7,9-13,16,18,27H,4,6,8,14-15H2,1-2H3,(H,23,24,25). The van der Waals surface area contributed by atoms with E-state index < -0.39 is 6.10 Å². The van der Waals surface area contributed by atoms with Gasteiger partial charge in [-0.2, -0.15) is 0 Å². The van der Waals surface area contributed by atoms with E-state index in [2.05, 4.69) is 21.4 Å². The first-order valence-electron chi connectivity index (χ1n) is 9.77. The maximum atomic E-state index is 9.88. The number of ether oxygens (including phenoxy) is 2. The van der Waals surface area contributed by atoms with Crippen molar-refractivity contribution in [3.63, 3.8) is 0 Å². The first kappa shape index (κ1) is 20.8. The van der Waals surface area contributed by atoms with E-state index in [1.807, 2.05) is 55.4 Å². The summed E-state index contributed by atoms with van der Waals surface area (Å²) in [6.45, 7) is 0.813. The number of aromatic nitrogens is 2. The number of benzene rings is 1.